The van der Waals surface area contributed by atoms with Gasteiger partial charge < -0.3 is 10.2 Å². The standard InChI is InChI=1S/C33H26N2S/c1-33(2)25-12-6-7-13-27(25)34-28-20-22(16-18-26(28)33)23-17-19-32-30(21-23)35(24-10-4-3-5-11-24)29-14-8-9-15-31(29)36-32/h3-21,34H,1-2H3. The average Bonchev–Trinajstić information content (AvgIpc) is 2.91. The van der Waals surface area contributed by atoms with Crippen LogP contribution in [0.1, 0.15) is 25.0 Å². The summed E-state index contributed by atoms with van der Waals surface area (Å²) in [5.41, 5.74) is 11.1. The van der Waals surface area contributed by atoms with Crippen molar-refractivity contribution in [2.75, 3.05) is 10.2 Å². The fourth-order valence-electron chi connectivity index (χ4n) is 5.59. The number of nitrogens with zero attached hydrogens (tertiary/aromatic N) is 1. The van der Waals surface area contributed by atoms with Gasteiger partial charge in [-0.3, -0.25) is 0 Å². The van der Waals surface area contributed by atoms with E-state index in [1.807, 2.05) is 11.8 Å². The summed E-state index contributed by atoms with van der Waals surface area (Å²) < 4.78 is 0. The highest BCUT2D eigenvalue weighted by Gasteiger charge is 2.32. The molecule has 0 atom stereocenters. The summed E-state index contributed by atoms with van der Waals surface area (Å²) in [5.74, 6) is 0. The van der Waals surface area contributed by atoms with E-state index < -0.39 is 0 Å². The molecule has 5 aromatic rings. The number of fused-ring (bicyclic) bond motifs is 4. The Bertz CT molecular complexity index is 1620. The van der Waals surface area contributed by atoms with Crippen LogP contribution in [0, 0.1) is 0 Å². The molecule has 2 aliphatic heterocycles. The summed E-state index contributed by atoms with van der Waals surface area (Å²) in [6.45, 7) is 4.63. The van der Waals surface area contributed by atoms with Crippen molar-refractivity contribution in [3.63, 3.8) is 0 Å². The number of para-hydroxylation sites is 3. The lowest BCUT2D eigenvalue weighted by atomic mass is 9.74. The van der Waals surface area contributed by atoms with Crippen LogP contribution in [0.5, 0.6) is 0 Å². The molecule has 174 valence electrons. The van der Waals surface area contributed by atoms with Crippen LogP contribution in [0.25, 0.3) is 11.1 Å². The monoisotopic (exact) mass is 482 g/mol. The summed E-state index contributed by atoms with van der Waals surface area (Å²) in [6.07, 6.45) is 0. The third-order valence-electron chi connectivity index (χ3n) is 7.44. The third-order valence-corrected chi connectivity index (χ3v) is 8.57. The summed E-state index contributed by atoms with van der Waals surface area (Å²) in [7, 11) is 0. The van der Waals surface area contributed by atoms with E-state index in [1.54, 1.807) is 0 Å². The molecule has 0 saturated carbocycles. The maximum Gasteiger partial charge on any atom is 0.0607 e. The van der Waals surface area contributed by atoms with E-state index in [4.69, 9.17) is 0 Å². The Morgan fingerprint density at radius 1 is 0.583 bits per heavy atom. The van der Waals surface area contributed by atoms with Crippen molar-refractivity contribution in [1.82, 2.24) is 0 Å². The molecule has 0 spiro atoms. The van der Waals surface area contributed by atoms with Gasteiger partial charge in [-0.25, -0.2) is 0 Å². The molecule has 36 heavy (non-hydrogen) atoms. The van der Waals surface area contributed by atoms with E-state index in [9.17, 15) is 0 Å². The van der Waals surface area contributed by atoms with Gasteiger partial charge in [0.2, 0.25) is 0 Å². The maximum atomic E-state index is 3.70. The second kappa shape index (κ2) is 8.04. The number of nitrogens with one attached hydrogen (secondary N) is 1. The molecule has 0 amide bonds. The minimum atomic E-state index is -0.0456. The quantitative estimate of drug-likeness (QED) is 0.264. The summed E-state index contributed by atoms with van der Waals surface area (Å²) in [4.78, 5) is 4.94. The molecule has 5 aromatic carbocycles. The average molecular weight is 483 g/mol. The van der Waals surface area contributed by atoms with Crippen LogP contribution in [0.15, 0.2) is 125 Å². The van der Waals surface area contributed by atoms with Crippen LogP contribution < -0.4 is 10.2 Å². The van der Waals surface area contributed by atoms with Gasteiger partial charge in [0.15, 0.2) is 0 Å². The highest BCUT2D eigenvalue weighted by molar-refractivity contribution is 7.99. The minimum absolute atomic E-state index is 0.0456. The molecule has 0 radical (unpaired) electrons. The molecular formula is C33H26N2S. The molecular weight excluding hydrogens is 456 g/mol. The Hall–Kier alpha value is -3.95. The number of rotatable bonds is 2. The lowest BCUT2D eigenvalue weighted by molar-refractivity contribution is 0.638. The predicted molar refractivity (Wildman–Crippen MR) is 153 cm³/mol. The Kier molecular flexibility index (Phi) is 4.77. The van der Waals surface area contributed by atoms with Crippen molar-refractivity contribution in [1.29, 1.82) is 0 Å². The van der Waals surface area contributed by atoms with Gasteiger partial charge in [0.1, 0.15) is 0 Å². The lowest BCUT2D eigenvalue weighted by Gasteiger charge is -2.36. The molecule has 7 rings (SSSR count). The molecule has 2 nitrogen and oxygen atoms in total. The first-order chi connectivity index (χ1) is 17.6. The fourth-order valence-corrected chi connectivity index (χ4v) is 6.63. The lowest BCUT2D eigenvalue weighted by Crippen LogP contribution is -2.25. The van der Waals surface area contributed by atoms with Crippen LogP contribution in [-0.4, -0.2) is 0 Å². The van der Waals surface area contributed by atoms with Gasteiger partial charge in [-0.2, -0.15) is 0 Å². The zero-order chi connectivity index (χ0) is 24.3. The first kappa shape index (κ1) is 21.3. The highest BCUT2D eigenvalue weighted by Crippen LogP contribution is 2.52. The normalized spacial score (nSPS) is 14.7. The zero-order valence-electron chi connectivity index (χ0n) is 20.3. The molecule has 0 saturated heterocycles. The smallest absolute Gasteiger partial charge is 0.0607 e. The molecule has 3 heteroatoms. The van der Waals surface area contributed by atoms with Crippen molar-refractivity contribution < 1.29 is 0 Å². The Morgan fingerprint density at radius 3 is 2.14 bits per heavy atom. The van der Waals surface area contributed by atoms with Gasteiger partial charge in [-0.15, -0.1) is 0 Å². The van der Waals surface area contributed by atoms with Crippen molar-refractivity contribution in [2.24, 2.45) is 0 Å². The Balaban J connectivity index is 1.35. The molecule has 0 aromatic heterocycles. The fraction of sp³-hybridized carbons (Fsp3) is 0.0909. The van der Waals surface area contributed by atoms with Gasteiger partial charge >= 0.3 is 0 Å². The maximum absolute atomic E-state index is 3.70. The van der Waals surface area contributed by atoms with E-state index in [-0.39, 0.29) is 5.41 Å². The van der Waals surface area contributed by atoms with Crippen LogP contribution in [0.2, 0.25) is 0 Å². The summed E-state index contributed by atoms with van der Waals surface area (Å²) >= 11 is 1.85. The number of hydrogen-bond donors (Lipinski definition) is 1. The van der Waals surface area contributed by atoms with E-state index in [1.165, 1.54) is 60.5 Å². The number of hydrogen-bond acceptors (Lipinski definition) is 3. The van der Waals surface area contributed by atoms with Gasteiger partial charge in [-0.1, -0.05) is 92.3 Å². The van der Waals surface area contributed by atoms with Crippen LogP contribution in [0.3, 0.4) is 0 Å². The van der Waals surface area contributed by atoms with Crippen LogP contribution in [0.4, 0.5) is 28.4 Å². The SMILES string of the molecule is CC1(C)c2ccccc2Nc2cc(-c3ccc4c(c3)N(c3ccccc3)c3ccccc3S4)ccc21. The first-order valence-corrected chi connectivity index (χ1v) is 13.2. The van der Waals surface area contributed by atoms with Crippen molar-refractivity contribution >= 4 is 40.2 Å². The first-order valence-electron chi connectivity index (χ1n) is 12.4. The summed E-state index contributed by atoms with van der Waals surface area (Å²) in [5, 5.41) is 3.70. The van der Waals surface area contributed by atoms with Crippen LogP contribution >= 0.6 is 11.8 Å². The second-order valence-electron chi connectivity index (χ2n) is 9.98. The third kappa shape index (κ3) is 3.27. The Labute approximate surface area is 216 Å². The summed E-state index contributed by atoms with van der Waals surface area (Å²) in [6, 6.07) is 41.7. The Morgan fingerprint density at radius 2 is 1.25 bits per heavy atom. The largest absolute Gasteiger partial charge is 0.355 e. The van der Waals surface area contributed by atoms with Gasteiger partial charge in [-0.05, 0) is 70.8 Å². The van der Waals surface area contributed by atoms with Gasteiger partial charge in [0, 0.05) is 32.3 Å². The topological polar surface area (TPSA) is 15.3 Å². The van der Waals surface area contributed by atoms with Gasteiger partial charge in [0.25, 0.3) is 0 Å². The second-order valence-corrected chi connectivity index (χ2v) is 11.1. The number of benzene rings is 5. The van der Waals surface area contributed by atoms with E-state index in [0.29, 0.717) is 0 Å². The number of anilines is 5. The molecule has 0 fully saturated rings. The van der Waals surface area contributed by atoms with E-state index in [0.717, 1.165) is 0 Å². The molecule has 2 heterocycles. The molecule has 1 N–H and O–H groups in total. The molecule has 0 bridgehead atoms. The molecule has 0 aliphatic carbocycles. The molecule has 0 unspecified atom stereocenters. The van der Waals surface area contributed by atoms with Gasteiger partial charge in [0.05, 0.1) is 11.4 Å². The zero-order valence-corrected chi connectivity index (χ0v) is 21.1. The molecule has 2 aliphatic rings. The van der Waals surface area contributed by atoms with E-state index in [2.05, 4.69) is 139 Å². The minimum Gasteiger partial charge on any atom is -0.355 e. The van der Waals surface area contributed by atoms with E-state index >= 15 is 0 Å². The predicted octanol–water partition coefficient (Wildman–Crippen LogP) is 9.67. The van der Waals surface area contributed by atoms with Crippen LogP contribution in [-0.2, 0) is 5.41 Å². The van der Waals surface area contributed by atoms with Crippen molar-refractivity contribution in [3.05, 3.63) is 126 Å². The van der Waals surface area contributed by atoms with Crippen molar-refractivity contribution in [2.45, 2.75) is 29.1 Å². The highest BCUT2D eigenvalue weighted by atomic mass is 32.2. The van der Waals surface area contributed by atoms with Crippen molar-refractivity contribution in [3.8, 4) is 11.1 Å².